The summed E-state index contributed by atoms with van der Waals surface area (Å²) in [6.45, 7) is 1.94. The van der Waals surface area contributed by atoms with Gasteiger partial charge in [0.1, 0.15) is 5.75 Å². The minimum atomic E-state index is -0.0277. The SMILES string of the molecule is O=C(NC1CC1)c1ccc(OCC2CCCN(C(=O)c3ccccc3Cl)C2)cc1. The number of rotatable bonds is 6. The number of hydrogen-bond acceptors (Lipinski definition) is 3. The van der Waals surface area contributed by atoms with E-state index in [1.807, 2.05) is 29.2 Å². The minimum absolute atomic E-state index is 0.0219. The second-order valence-corrected chi connectivity index (χ2v) is 8.23. The quantitative estimate of drug-likeness (QED) is 0.774. The van der Waals surface area contributed by atoms with Crippen molar-refractivity contribution in [2.45, 2.75) is 31.7 Å². The Balaban J connectivity index is 1.30. The number of amides is 2. The lowest BCUT2D eigenvalue weighted by Gasteiger charge is -2.33. The first-order valence-corrected chi connectivity index (χ1v) is 10.6. The third kappa shape index (κ3) is 5.10. The Morgan fingerprint density at radius 2 is 1.83 bits per heavy atom. The molecule has 1 N–H and O–H groups in total. The van der Waals surface area contributed by atoms with Gasteiger partial charge in [0.2, 0.25) is 0 Å². The van der Waals surface area contributed by atoms with E-state index in [1.54, 1.807) is 24.3 Å². The molecule has 0 aromatic heterocycles. The van der Waals surface area contributed by atoms with Crippen LogP contribution in [0.25, 0.3) is 0 Å². The summed E-state index contributed by atoms with van der Waals surface area (Å²) < 4.78 is 5.94. The number of carbonyl (C=O) groups is 2. The van der Waals surface area contributed by atoms with Crippen molar-refractivity contribution in [1.82, 2.24) is 10.2 Å². The van der Waals surface area contributed by atoms with E-state index < -0.39 is 0 Å². The van der Waals surface area contributed by atoms with Crippen LogP contribution in [0.2, 0.25) is 5.02 Å². The number of benzene rings is 2. The predicted octanol–water partition coefficient (Wildman–Crippen LogP) is 4.16. The summed E-state index contributed by atoms with van der Waals surface area (Å²) in [7, 11) is 0. The van der Waals surface area contributed by atoms with Crippen molar-refractivity contribution >= 4 is 23.4 Å². The summed E-state index contributed by atoms with van der Waals surface area (Å²) in [5.41, 5.74) is 1.20. The fourth-order valence-corrected chi connectivity index (χ4v) is 3.82. The highest BCUT2D eigenvalue weighted by atomic mass is 35.5. The molecular formula is C23H25ClN2O3. The van der Waals surface area contributed by atoms with E-state index in [2.05, 4.69) is 5.32 Å². The second-order valence-electron chi connectivity index (χ2n) is 7.82. The van der Waals surface area contributed by atoms with Crippen molar-refractivity contribution in [2.75, 3.05) is 19.7 Å². The first-order valence-electron chi connectivity index (χ1n) is 10.2. The van der Waals surface area contributed by atoms with Gasteiger partial charge < -0.3 is 15.0 Å². The van der Waals surface area contributed by atoms with Gasteiger partial charge >= 0.3 is 0 Å². The topological polar surface area (TPSA) is 58.6 Å². The van der Waals surface area contributed by atoms with Crippen LogP contribution in [-0.4, -0.2) is 42.5 Å². The zero-order valence-electron chi connectivity index (χ0n) is 16.3. The molecule has 4 rings (SSSR count). The molecule has 1 heterocycles. The molecule has 2 aromatic rings. The molecule has 152 valence electrons. The molecule has 1 saturated carbocycles. The molecule has 0 bridgehead atoms. The van der Waals surface area contributed by atoms with Crippen LogP contribution in [-0.2, 0) is 0 Å². The fraction of sp³-hybridized carbons (Fsp3) is 0.391. The number of carbonyl (C=O) groups excluding carboxylic acids is 2. The van der Waals surface area contributed by atoms with Gasteiger partial charge in [0.25, 0.3) is 11.8 Å². The van der Waals surface area contributed by atoms with E-state index in [-0.39, 0.29) is 17.7 Å². The third-order valence-corrected chi connectivity index (χ3v) is 5.75. The first kappa shape index (κ1) is 19.8. The van der Waals surface area contributed by atoms with E-state index >= 15 is 0 Å². The van der Waals surface area contributed by atoms with Crippen molar-refractivity contribution in [3.05, 3.63) is 64.7 Å². The van der Waals surface area contributed by atoms with Gasteiger partial charge in [-0.3, -0.25) is 9.59 Å². The highest BCUT2D eigenvalue weighted by Gasteiger charge is 2.26. The maximum absolute atomic E-state index is 12.8. The van der Waals surface area contributed by atoms with E-state index in [0.717, 1.165) is 38.0 Å². The minimum Gasteiger partial charge on any atom is -0.493 e. The van der Waals surface area contributed by atoms with Crippen LogP contribution in [0.1, 0.15) is 46.4 Å². The van der Waals surface area contributed by atoms with Gasteiger partial charge in [-0.15, -0.1) is 0 Å². The summed E-state index contributed by atoms with van der Waals surface area (Å²) in [5, 5.41) is 3.47. The van der Waals surface area contributed by atoms with Gasteiger partial charge in [0, 0.05) is 30.6 Å². The van der Waals surface area contributed by atoms with Gasteiger partial charge in [0.15, 0.2) is 0 Å². The van der Waals surface area contributed by atoms with Gasteiger partial charge in [-0.1, -0.05) is 23.7 Å². The fourth-order valence-electron chi connectivity index (χ4n) is 3.60. The van der Waals surface area contributed by atoms with Crippen LogP contribution in [0.15, 0.2) is 48.5 Å². The Morgan fingerprint density at radius 1 is 1.07 bits per heavy atom. The van der Waals surface area contributed by atoms with Crippen LogP contribution in [0.5, 0.6) is 5.75 Å². The monoisotopic (exact) mass is 412 g/mol. The van der Waals surface area contributed by atoms with E-state index in [1.165, 1.54) is 0 Å². The van der Waals surface area contributed by atoms with E-state index in [0.29, 0.717) is 35.3 Å². The van der Waals surface area contributed by atoms with Gasteiger partial charge in [-0.2, -0.15) is 0 Å². The molecule has 1 atom stereocenters. The summed E-state index contributed by atoms with van der Waals surface area (Å²) in [6.07, 6.45) is 4.12. The number of piperidine rings is 1. The Bertz CT molecular complexity index is 880. The molecule has 0 radical (unpaired) electrons. The van der Waals surface area contributed by atoms with Crippen molar-refractivity contribution in [3.63, 3.8) is 0 Å². The maximum Gasteiger partial charge on any atom is 0.255 e. The molecule has 6 heteroatoms. The van der Waals surface area contributed by atoms with Crippen LogP contribution in [0.3, 0.4) is 0 Å². The standard InChI is InChI=1S/C23H25ClN2O3/c24-21-6-2-1-5-20(21)23(28)26-13-3-4-16(14-26)15-29-19-11-7-17(8-12-19)22(27)25-18-9-10-18/h1-2,5-8,11-12,16,18H,3-4,9-10,13-15H2,(H,25,27). The molecule has 2 aromatic carbocycles. The number of nitrogens with zero attached hydrogens (tertiary/aromatic N) is 1. The Labute approximate surface area is 176 Å². The Kier molecular flexibility index (Phi) is 6.05. The lowest BCUT2D eigenvalue weighted by atomic mass is 9.98. The highest BCUT2D eigenvalue weighted by Crippen LogP contribution is 2.24. The molecule has 29 heavy (non-hydrogen) atoms. The third-order valence-electron chi connectivity index (χ3n) is 5.43. The molecule has 2 fully saturated rings. The van der Waals surface area contributed by atoms with Gasteiger partial charge in [0.05, 0.1) is 17.2 Å². The lowest BCUT2D eigenvalue weighted by Crippen LogP contribution is -2.41. The Hall–Kier alpha value is -2.53. The molecule has 2 aliphatic rings. The zero-order chi connectivity index (χ0) is 20.2. The molecule has 1 aliphatic carbocycles. The summed E-state index contributed by atoms with van der Waals surface area (Å²) in [6, 6.07) is 14.8. The Morgan fingerprint density at radius 3 is 2.55 bits per heavy atom. The molecule has 2 amide bonds. The number of ether oxygens (including phenoxy) is 1. The van der Waals surface area contributed by atoms with Gasteiger partial charge in [-0.25, -0.2) is 0 Å². The van der Waals surface area contributed by atoms with E-state index in [4.69, 9.17) is 16.3 Å². The van der Waals surface area contributed by atoms with Crippen LogP contribution >= 0.6 is 11.6 Å². The number of likely N-dealkylation sites (tertiary alicyclic amines) is 1. The maximum atomic E-state index is 12.8. The second kappa shape index (κ2) is 8.87. The summed E-state index contributed by atoms with van der Waals surface area (Å²) in [4.78, 5) is 26.7. The van der Waals surface area contributed by atoms with Crippen LogP contribution < -0.4 is 10.1 Å². The highest BCUT2D eigenvalue weighted by molar-refractivity contribution is 6.33. The number of halogens is 1. The zero-order valence-corrected chi connectivity index (χ0v) is 17.0. The smallest absolute Gasteiger partial charge is 0.255 e. The van der Waals surface area contributed by atoms with Crippen molar-refractivity contribution in [2.24, 2.45) is 5.92 Å². The average molecular weight is 413 g/mol. The number of nitrogens with one attached hydrogen (secondary N) is 1. The van der Waals surface area contributed by atoms with Crippen LogP contribution in [0.4, 0.5) is 0 Å². The number of hydrogen-bond donors (Lipinski definition) is 1. The van der Waals surface area contributed by atoms with Crippen LogP contribution in [0, 0.1) is 5.92 Å². The first-order chi connectivity index (χ1) is 14.1. The summed E-state index contributed by atoms with van der Waals surface area (Å²) in [5.74, 6) is 0.960. The molecule has 1 unspecified atom stereocenters. The van der Waals surface area contributed by atoms with Gasteiger partial charge in [-0.05, 0) is 62.1 Å². The largest absolute Gasteiger partial charge is 0.493 e. The summed E-state index contributed by atoms with van der Waals surface area (Å²) >= 11 is 6.18. The predicted molar refractivity (Wildman–Crippen MR) is 113 cm³/mol. The normalized spacial score (nSPS) is 18.9. The molecule has 1 saturated heterocycles. The van der Waals surface area contributed by atoms with Crippen molar-refractivity contribution in [1.29, 1.82) is 0 Å². The lowest BCUT2D eigenvalue weighted by molar-refractivity contribution is 0.0633. The van der Waals surface area contributed by atoms with Crippen molar-refractivity contribution in [3.8, 4) is 5.75 Å². The van der Waals surface area contributed by atoms with E-state index in [9.17, 15) is 9.59 Å². The van der Waals surface area contributed by atoms with Crippen molar-refractivity contribution < 1.29 is 14.3 Å². The molecular weight excluding hydrogens is 388 g/mol. The molecule has 1 aliphatic heterocycles. The molecule has 5 nitrogen and oxygen atoms in total. The molecule has 0 spiro atoms. The average Bonchev–Trinajstić information content (AvgIpc) is 3.57.